The second kappa shape index (κ2) is 4.08. The predicted molar refractivity (Wildman–Crippen MR) is 59.7 cm³/mol. The van der Waals surface area contributed by atoms with E-state index in [0.717, 1.165) is 17.6 Å². The van der Waals surface area contributed by atoms with E-state index in [-0.39, 0.29) is 0 Å². The van der Waals surface area contributed by atoms with E-state index in [1.54, 1.807) is 0 Å². The van der Waals surface area contributed by atoms with Crippen LogP contribution in [0.3, 0.4) is 0 Å². The fourth-order valence-corrected chi connectivity index (χ4v) is 1.35. The van der Waals surface area contributed by atoms with Crippen molar-refractivity contribution in [3.05, 3.63) is 54.1 Å². The van der Waals surface area contributed by atoms with Gasteiger partial charge in [0.15, 0.2) is 0 Å². The van der Waals surface area contributed by atoms with Crippen LogP contribution >= 0.6 is 0 Å². The molecule has 0 amide bonds. The maximum Gasteiger partial charge on any atom is -0.0156 e. The Kier molecular flexibility index (Phi) is 3.07. The van der Waals surface area contributed by atoms with E-state index in [2.05, 4.69) is 38.3 Å². The van der Waals surface area contributed by atoms with Crippen LogP contribution in [0.5, 0.6) is 0 Å². The molecule has 0 fully saturated rings. The van der Waals surface area contributed by atoms with Gasteiger partial charge in [-0.1, -0.05) is 49.9 Å². The fourth-order valence-electron chi connectivity index (χ4n) is 1.35. The Morgan fingerprint density at radius 2 is 1.85 bits per heavy atom. The van der Waals surface area contributed by atoms with Crippen LogP contribution in [-0.4, -0.2) is 0 Å². The largest absolute Gasteiger partial charge is 0.0955 e. The van der Waals surface area contributed by atoms with Crippen molar-refractivity contribution in [3.8, 4) is 0 Å². The molecule has 0 aliphatic rings. The molecule has 13 heavy (non-hydrogen) atoms. The van der Waals surface area contributed by atoms with E-state index in [0.29, 0.717) is 0 Å². The summed E-state index contributed by atoms with van der Waals surface area (Å²) in [5.74, 6) is 0. The lowest BCUT2D eigenvalue weighted by Gasteiger charge is -2.09. The molecule has 0 heterocycles. The average Bonchev–Trinajstić information content (AvgIpc) is 2.16. The van der Waals surface area contributed by atoms with Gasteiger partial charge in [-0.2, -0.15) is 0 Å². The van der Waals surface area contributed by atoms with Gasteiger partial charge in [-0.3, -0.25) is 0 Å². The van der Waals surface area contributed by atoms with Gasteiger partial charge in [-0.05, 0) is 30.0 Å². The van der Waals surface area contributed by atoms with Gasteiger partial charge in [0.25, 0.3) is 0 Å². The molecule has 0 radical (unpaired) electrons. The molecule has 1 rings (SSSR count). The topological polar surface area (TPSA) is 0 Å². The van der Waals surface area contributed by atoms with E-state index >= 15 is 0 Å². The Labute approximate surface area is 80.6 Å². The molecule has 0 aliphatic heterocycles. The van der Waals surface area contributed by atoms with Gasteiger partial charge in [0.2, 0.25) is 0 Å². The normalized spacial score (nSPS) is 9.69. The summed E-state index contributed by atoms with van der Waals surface area (Å²) in [4.78, 5) is 0. The first-order valence-corrected chi connectivity index (χ1v) is 4.60. The van der Waals surface area contributed by atoms with Gasteiger partial charge >= 0.3 is 0 Å². The third-order valence-electron chi connectivity index (χ3n) is 2.24. The van der Waals surface area contributed by atoms with Crippen molar-refractivity contribution in [2.45, 2.75) is 20.3 Å². The van der Waals surface area contributed by atoms with Crippen LogP contribution in [0.1, 0.15) is 25.0 Å². The quantitative estimate of drug-likeness (QED) is 0.608. The van der Waals surface area contributed by atoms with Crippen molar-refractivity contribution in [2.24, 2.45) is 0 Å². The molecular formula is C13H16. The summed E-state index contributed by atoms with van der Waals surface area (Å²) >= 11 is 0. The Morgan fingerprint density at radius 3 is 2.38 bits per heavy atom. The molecule has 0 bridgehead atoms. The minimum atomic E-state index is 1.04. The Balaban J connectivity index is 3.13. The maximum atomic E-state index is 4.03. The molecule has 0 atom stereocenters. The van der Waals surface area contributed by atoms with E-state index in [9.17, 15) is 0 Å². The molecular weight excluding hydrogens is 156 g/mol. The van der Waals surface area contributed by atoms with Crippen LogP contribution in [0.15, 0.2) is 43.0 Å². The number of hydrogen-bond donors (Lipinski definition) is 0. The summed E-state index contributed by atoms with van der Waals surface area (Å²) in [5, 5.41) is 0. The number of aryl methyl sites for hydroxylation is 1. The minimum Gasteiger partial charge on any atom is -0.0955 e. The second-order valence-electron chi connectivity index (χ2n) is 3.27. The van der Waals surface area contributed by atoms with Gasteiger partial charge in [0, 0.05) is 0 Å². The van der Waals surface area contributed by atoms with Crippen LogP contribution in [0.25, 0.3) is 5.57 Å². The molecule has 0 saturated carbocycles. The van der Waals surface area contributed by atoms with Gasteiger partial charge in [-0.25, -0.2) is 0 Å². The highest BCUT2D eigenvalue weighted by molar-refractivity contribution is 5.77. The molecule has 1 aromatic rings. The standard InChI is InChI=1S/C13H16/c1-5-12-8-6-7-9-13(12)11(4)10(2)3/h6-9H,2,4-5H2,1,3H3. The third-order valence-corrected chi connectivity index (χ3v) is 2.24. The zero-order valence-electron chi connectivity index (χ0n) is 8.43. The van der Waals surface area contributed by atoms with E-state index < -0.39 is 0 Å². The van der Waals surface area contributed by atoms with Crippen molar-refractivity contribution in [1.82, 2.24) is 0 Å². The molecule has 0 saturated heterocycles. The average molecular weight is 172 g/mol. The Morgan fingerprint density at radius 1 is 1.23 bits per heavy atom. The highest BCUT2D eigenvalue weighted by Gasteiger charge is 2.03. The van der Waals surface area contributed by atoms with Gasteiger partial charge in [-0.15, -0.1) is 0 Å². The number of hydrogen-bond acceptors (Lipinski definition) is 0. The number of benzene rings is 1. The number of allylic oxidation sites excluding steroid dienone is 2. The van der Waals surface area contributed by atoms with Crippen LogP contribution in [-0.2, 0) is 6.42 Å². The smallest absolute Gasteiger partial charge is 0.0156 e. The molecule has 0 heteroatoms. The summed E-state index contributed by atoms with van der Waals surface area (Å²) in [6, 6.07) is 8.36. The Bertz CT molecular complexity index is 332. The molecule has 68 valence electrons. The molecule has 0 N–H and O–H groups in total. The van der Waals surface area contributed by atoms with Crippen LogP contribution in [0, 0.1) is 0 Å². The summed E-state index contributed by atoms with van der Waals surface area (Å²) in [7, 11) is 0. The van der Waals surface area contributed by atoms with Crippen LogP contribution in [0.2, 0.25) is 0 Å². The molecule has 0 aromatic heterocycles. The van der Waals surface area contributed by atoms with Crippen molar-refractivity contribution < 1.29 is 0 Å². The molecule has 1 aromatic carbocycles. The minimum absolute atomic E-state index is 1.04. The summed E-state index contributed by atoms with van der Waals surface area (Å²) in [6.07, 6.45) is 1.04. The first-order valence-electron chi connectivity index (χ1n) is 4.60. The molecule has 0 spiro atoms. The fraction of sp³-hybridized carbons (Fsp3) is 0.231. The summed E-state index contributed by atoms with van der Waals surface area (Å²) in [6.45, 7) is 12.1. The second-order valence-corrected chi connectivity index (χ2v) is 3.27. The highest BCUT2D eigenvalue weighted by Crippen LogP contribution is 2.23. The molecule has 0 aliphatic carbocycles. The lowest BCUT2D eigenvalue weighted by molar-refractivity contribution is 1.13. The first-order chi connectivity index (χ1) is 6.16. The Hall–Kier alpha value is -1.30. The lowest BCUT2D eigenvalue weighted by atomic mass is 9.95. The SMILES string of the molecule is C=C(C)C(=C)c1ccccc1CC. The van der Waals surface area contributed by atoms with Crippen molar-refractivity contribution in [1.29, 1.82) is 0 Å². The van der Waals surface area contributed by atoms with Crippen molar-refractivity contribution in [3.63, 3.8) is 0 Å². The van der Waals surface area contributed by atoms with Crippen LogP contribution in [0.4, 0.5) is 0 Å². The van der Waals surface area contributed by atoms with Gasteiger partial charge in [0.05, 0.1) is 0 Å². The zero-order valence-corrected chi connectivity index (χ0v) is 8.43. The summed E-state index contributed by atoms with van der Waals surface area (Å²) < 4.78 is 0. The molecule has 0 nitrogen and oxygen atoms in total. The highest BCUT2D eigenvalue weighted by atomic mass is 14.1. The van der Waals surface area contributed by atoms with Crippen molar-refractivity contribution in [2.75, 3.05) is 0 Å². The summed E-state index contributed by atoms with van der Waals surface area (Å²) in [5.41, 5.74) is 4.67. The maximum absolute atomic E-state index is 4.03. The van der Waals surface area contributed by atoms with Gasteiger partial charge < -0.3 is 0 Å². The van der Waals surface area contributed by atoms with E-state index in [1.165, 1.54) is 11.1 Å². The molecule has 0 unspecified atom stereocenters. The van der Waals surface area contributed by atoms with Gasteiger partial charge in [0.1, 0.15) is 0 Å². The first kappa shape index (κ1) is 9.79. The number of rotatable bonds is 3. The van der Waals surface area contributed by atoms with E-state index in [4.69, 9.17) is 0 Å². The third kappa shape index (κ3) is 2.09. The predicted octanol–water partition coefficient (Wildman–Crippen LogP) is 3.84. The van der Waals surface area contributed by atoms with E-state index in [1.807, 2.05) is 13.0 Å². The van der Waals surface area contributed by atoms with Crippen molar-refractivity contribution >= 4 is 5.57 Å². The lowest BCUT2D eigenvalue weighted by Crippen LogP contribution is -1.91. The monoisotopic (exact) mass is 172 g/mol. The zero-order chi connectivity index (χ0) is 9.84. The van der Waals surface area contributed by atoms with Crippen LogP contribution < -0.4 is 0 Å².